The molecule has 2 aromatic heterocycles. The van der Waals surface area contributed by atoms with Crippen LogP contribution < -0.4 is 11.1 Å². The molecule has 1 aromatic carbocycles. The van der Waals surface area contributed by atoms with Crippen molar-refractivity contribution in [3.63, 3.8) is 0 Å². The number of aryl methyl sites for hydroxylation is 1. The highest BCUT2D eigenvalue weighted by molar-refractivity contribution is 6.06. The van der Waals surface area contributed by atoms with E-state index in [1.807, 2.05) is 12.1 Å². The molecule has 1 aliphatic carbocycles. The zero-order chi connectivity index (χ0) is 20.4. The van der Waals surface area contributed by atoms with Gasteiger partial charge in [-0.15, -0.1) is 0 Å². The topological polar surface area (TPSA) is 111 Å². The van der Waals surface area contributed by atoms with Crippen LogP contribution in [-0.2, 0) is 12.5 Å². The zero-order valence-electron chi connectivity index (χ0n) is 16.5. The van der Waals surface area contributed by atoms with Crippen LogP contribution in [0.4, 0.5) is 5.95 Å². The molecule has 3 aromatic rings. The Labute approximate surface area is 168 Å². The van der Waals surface area contributed by atoms with E-state index in [1.54, 1.807) is 37.4 Å². The van der Waals surface area contributed by atoms with E-state index in [2.05, 4.69) is 37.5 Å². The number of anilines is 1. The molecule has 29 heavy (non-hydrogen) atoms. The first-order valence-corrected chi connectivity index (χ1v) is 9.50. The normalized spacial score (nSPS) is 15.6. The van der Waals surface area contributed by atoms with Gasteiger partial charge < -0.3 is 11.1 Å². The van der Waals surface area contributed by atoms with Crippen molar-refractivity contribution >= 4 is 17.7 Å². The number of amidine groups is 1. The Morgan fingerprint density at radius 2 is 1.83 bits per heavy atom. The molecule has 4 rings (SSSR count). The van der Waals surface area contributed by atoms with Gasteiger partial charge in [0.05, 0.1) is 17.2 Å². The van der Waals surface area contributed by atoms with E-state index >= 15 is 0 Å². The number of nitrogens with zero attached hydrogens (tertiary/aromatic N) is 5. The molecule has 1 aliphatic rings. The Morgan fingerprint density at radius 1 is 1.14 bits per heavy atom. The predicted molar refractivity (Wildman–Crippen MR) is 112 cm³/mol. The summed E-state index contributed by atoms with van der Waals surface area (Å²) in [4.78, 5) is 25.2. The van der Waals surface area contributed by atoms with Crippen molar-refractivity contribution in [1.29, 1.82) is 0 Å². The number of nitrogens with two attached hydrogens (primary N) is 1. The number of carbonyl (C=O) groups excluding carboxylic acids is 1. The summed E-state index contributed by atoms with van der Waals surface area (Å²) in [5, 5.41) is 6.93. The summed E-state index contributed by atoms with van der Waals surface area (Å²) in [7, 11) is 3.54. The lowest BCUT2D eigenvalue weighted by atomic mass is 9.63. The molecule has 0 aliphatic heterocycles. The van der Waals surface area contributed by atoms with Gasteiger partial charge in [0.2, 0.25) is 5.95 Å². The maximum Gasteiger partial charge on any atom is 0.281 e. The fourth-order valence-electron chi connectivity index (χ4n) is 3.62. The lowest BCUT2D eigenvalue weighted by Gasteiger charge is -2.41. The smallest absolute Gasteiger partial charge is 0.281 e. The van der Waals surface area contributed by atoms with Crippen molar-refractivity contribution in [2.24, 2.45) is 17.8 Å². The number of benzene rings is 1. The first-order valence-electron chi connectivity index (χ1n) is 9.50. The van der Waals surface area contributed by atoms with E-state index in [-0.39, 0.29) is 11.3 Å². The van der Waals surface area contributed by atoms with E-state index in [0.29, 0.717) is 17.3 Å². The van der Waals surface area contributed by atoms with Crippen molar-refractivity contribution in [3.05, 3.63) is 60.2 Å². The summed E-state index contributed by atoms with van der Waals surface area (Å²) in [6, 6.07) is 8.17. The molecule has 0 spiro atoms. The number of nitrogens with one attached hydrogen (secondary N) is 1. The van der Waals surface area contributed by atoms with Crippen LogP contribution >= 0.6 is 0 Å². The Balaban J connectivity index is 1.59. The Bertz CT molecular complexity index is 1050. The minimum Gasteiger partial charge on any atom is -0.386 e. The van der Waals surface area contributed by atoms with Gasteiger partial charge in [-0.05, 0) is 24.0 Å². The van der Waals surface area contributed by atoms with Crippen molar-refractivity contribution < 1.29 is 4.79 Å². The molecule has 0 atom stereocenters. The van der Waals surface area contributed by atoms with Gasteiger partial charge in [-0.1, -0.05) is 30.7 Å². The number of hydrogen-bond acceptors (Lipinski definition) is 5. The number of aliphatic imine (C=N–C) groups is 1. The lowest BCUT2D eigenvalue weighted by molar-refractivity contribution is 0.100. The molecule has 8 nitrogen and oxygen atoms in total. The van der Waals surface area contributed by atoms with E-state index in [0.717, 1.165) is 36.0 Å². The average molecular weight is 389 g/mol. The minimum absolute atomic E-state index is 0.361. The molecule has 0 saturated heterocycles. The molecule has 148 valence electrons. The third-order valence-electron chi connectivity index (χ3n) is 5.52. The van der Waals surface area contributed by atoms with Crippen LogP contribution in [-0.4, -0.2) is 38.5 Å². The van der Waals surface area contributed by atoms with Gasteiger partial charge in [-0.3, -0.25) is 9.48 Å². The first-order chi connectivity index (χ1) is 14.0. The molecule has 0 bridgehead atoms. The number of amides is 1. The molecule has 2 heterocycles. The van der Waals surface area contributed by atoms with Crippen LogP contribution in [0.25, 0.3) is 11.1 Å². The van der Waals surface area contributed by atoms with Crippen molar-refractivity contribution in [1.82, 2.24) is 19.7 Å². The van der Waals surface area contributed by atoms with Gasteiger partial charge >= 0.3 is 0 Å². The van der Waals surface area contributed by atoms with Gasteiger partial charge in [-0.25, -0.2) is 9.97 Å². The minimum atomic E-state index is -0.386. The Kier molecular flexibility index (Phi) is 4.84. The third-order valence-corrected chi connectivity index (χ3v) is 5.52. The molecule has 1 amide bonds. The number of hydrogen-bond donors (Lipinski definition) is 2. The van der Waals surface area contributed by atoms with Gasteiger partial charge in [0.15, 0.2) is 0 Å². The highest BCUT2D eigenvalue weighted by atomic mass is 16.1. The molecule has 1 fully saturated rings. The van der Waals surface area contributed by atoms with Crippen LogP contribution in [0.5, 0.6) is 0 Å². The molecular weight excluding hydrogens is 366 g/mol. The second-order valence-corrected chi connectivity index (χ2v) is 7.26. The van der Waals surface area contributed by atoms with Crippen LogP contribution in [0.3, 0.4) is 0 Å². The standard InChI is InChI=1S/C21H23N7O/c1-23-20-24-10-15(11-25-20)14-4-6-17(7-5-14)21(8-3-9-21)19(22)27-18(29)16-12-26-28(2)13-16/h4-7,10-13H,3,8-9H2,1-2H3,(H2,22,27,29)(H,23,24,25). The SMILES string of the molecule is CNc1ncc(-c2ccc(C3(C(N)=NC(=O)c4cnn(C)c4)CCC3)cc2)cn1. The molecule has 0 radical (unpaired) electrons. The monoisotopic (exact) mass is 389 g/mol. The second-order valence-electron chi connectivity index (χ2n) is 7.26. The maximum absolute atomic E-state index is 12.4. The summed E-state index contributed by atoms with van der Waals surface area (Å²) in [6.07, 6.45) is 9.53. The molecule has 3 N–H and O–H groups in total. The fraction of sp³-hybridized carbons (Fsp3) is 0.286. The van der Waals surface area contributed by atoms with Crippen LogP contribution in [0.15, 0.2) is 54.0 Å². The first kappa shape index (κ1) is 18.8. The van der Waals surface area contributed by atoms with Crippen LogP contribution in [0, 0.1) is 0 Å². The number of carbonyl (C=O) groups is 1. The molecule has 1 saturated carbocycles. The van der Waals surface area contributed by atoms with E-state index in [4.69, 9.17) is 5.73 Å². The highest BCUT2D eigenvalue weighted by Gasteiger charge is 2.42. The predicted octanol–water partition coefficient (Wildman–Crippen LogP) is 2.54. The van der Waals surface area contributed by atoms with Gasteiger partial charge in [-0.2, -0.15) is 10.1 Å². The average Bonchev–Trinajstić information content (AvgIpc) is 3.14. The van der Waals surface area contributed by atoms with E-state index < -0.39 is 0 Å². The fourth-order valence-corrected chi connectivity index (χ4v) is 3.62. The van der Waals surface area contributed by atoms with Crippen molar-refractivity contribution in [2.45, 2.75) is 24.7 Å². The lowest BCUT2D eigenvalue weighted by Crippen LogP contribution is -2.47. The van der Waals surface area contributed by atoms with Crippen LogP contribution in [0.1, 0.15) is 35.2 Å². The molecule has 0 unspecified atom stereocenters. The number of aromatic nitrogens is 4. The van der Waals surface area contributed by atoms with Gasteiger partial charge in [0.25, 0.3) is 5.91 Å². The molecule has 8 heteroatoms. The number of rotatable bonds is 5. The summed E-state index contributed by atoms with van der Waals surface area (Å²) in [5.74, 6) is 0.591. The zero-order valence-corrected chi connectivity index (χ0v) is 16.5. The van der Waals surface area contributed by atoms with Gasteiger partial charge in [0.1, 0.15) is 5.84 Å². The van der Waals surface area contributed by atoms with Gasteiger partial charge in [0, 0.05) is 38.2 Å². The van der Waals surface area contributed by atoms with E-state index in [1.165, 1.54) is 6.20 Å². The second kappa shape index (κ2) is 7.46. The van der Waals surface area contributed by atoms with Crippen molar-refractivity contribution in [3.8, 4) is 11.1 Å². The summed E-state index contributed by atoms with van der Waals surface area (Å²) >= 11 is 0. The largest absolute Gasteiger partial charge is 0.386 e. The van der Waals surface area contributed by atoms with Crippen LogP contribution in [0.2, 0.25) is 0 Å². The van der Waals surface area contributed by atoms with Crippen molar-refractivity contribution in [2.75, 3.05) is 12.4 Å². The summed E-state index contributed by atoms with van der Waals surface area (Å²) in [5.41, 5.74) is 9.42. The Hall–Kier alpha value is -3.55. The third kappa shape index (κ3) is 3.49. The molecular formula is C21H23N7O. The highest BCUT2D eigenvalue weighted by Crippen LogP contribution is 2.44. The Morgan fingerprint density at radius 3 is 2.34 bits per heavy atom. The summed E-state index contributed by atoms with van der Waals surface area (Å²) in [6.45, 7) is 0. The summed E-state index contributed by atoms with van der Waals surface area (Å²) < 4.78 is 1.57. The van der Waals surface area contributed by atoms with E-state index in [9.17, 15) is 4.79 Å². The quantitative estimate of drug-likeness (QED) is 0.512. The maximum atomic E-state index is 12.4.